The highest BCUT2D eigenvalue weighted by Gasteiger charge is 2.24. The lowest BCUT2D eigenvalue weighted by Gasteiger charge is -2.32. The number of aromatic nitrogens is 1. The first-order valence-corrected chi connectivity index (χ1v) is 6.73. The second-order valence-electron chi connectivity index (χ2n) is 4.90. The Morgan fingerprint density at radius 2 is 2.21 bits per heavy atom. The number of nitrogens with two attached hydrogens (primary N) is 1. The summed E-state index contributed by atoms with van der Waals surface area (Å²) in [6.45, 7) is 4.56. The predicted molar refractivity (Wildman–Crippen MR) is 72.9 cm³/mol. The van der Waals surface area contributed by atoms with Gasteiger partial charge in [-0.1, -0.05) is 0 Å². The van der Waals surface area contributed by atoms with E-state index in [1.807, 2.05) is 17.9 Å². The third-order valence-electron chi connectivity index (χ3n) is 3.32. The largest absolute Gasteiger partial charge is 0.377 e. The Kier molecular flexibility index (Phi) is 4.87. The number of rotatable bonds is 4. The summed E-state index contributed by atoms with van der Waals surface area (Å²) in [6, 6.07) is 1.88. The predicted octanol–water partition coefficient (Wildman–Crippen LogP) is 0.970. The van der Waals surface area contributed by atoms with Crippen LogP contribution in [0.5, 0.6) is 0 Å². The van der Waals surface area contributed by atoms with E-state index in [0.717, 1.165) is 31.5 Å². The van der Waals surface area contributed by atoms with Crippen LogP contribution < -0.4 is 5.73 Å². The maximum Gasteiger partial charge on any atom is 0.255 e. The van der Waals surface area contributed by atoms with Crippen molar-refractivity contribution >= 4 is 5.91 Å². The Bertz CT molecular complexity index is 428. The fourth-order valence-electron chi connectivity index (χ4n) is 2.31. The smallest absolute Gasteiger partial charge is 0.255 e. The van der Waals surface area contributed by atoms with Crippen LogP contribution in [0.4, 0.5) is 0 Å². The maximum absolute atomic E-state index is 12.3. The second kappa shape index (κ2) is 6.63. The van der Waals surface area contributed by atoms with Gasteiger partial charge in [0.15, 0.2) is 0 Å². The average Bonchev–Trinajstić information content (AvgIpc) is 2.45. The van der Waals surface area contributed by atoms with E-state index in [-0.39, 0.29) is 12.0 Å². The van der Waals surface area contributed by atoms with Crippen LogP contribution in [-0.4, -0.2) is 48.1 Å². The van der Waals surface area contributed by atoms with E-state index in [2.05, 4.69) is 4.98 Å². The SMILES string of the molecule is Cc1cncc(C(=O)N2CCC(OCCN)CC2)c1. The third-order valence-corrected chi connectivity index (χ3v) is 3.32. The molecule has 5 heteroatoms. The Labute approximate surface area is 113 Å². The number of nitrogens with zero attached hydrogens (tertiary/aromatic N) is 2. The van der Waals surface area contributed by atoms with Crippen molar-refractivity contribution in [3.63, 3.8) is 0 Å². The zero-order valence-electron chi connectivity index (χ0n) is 11.3. The topological polar surface area (TPSA) is 68.5 Å². The van der Waals surface area contributed by atoms with Crippen molar-refractivity contribution in [2.24, 2.45) is 5.73 Å². The Morgan fingerprint density at radius 1 is 1.47 bits per heavy atom. The quantitative estimate of drug-likeness (QED) is 0.879. The molecule has 0 saturated carbocycles. The van der Waals surface area contributed by atoms with Gasteiger partial charge in [0.25, 0.3) is 5.91 Å². The maximum atomic E-state index is 12.3. The number of hydrogen-bond acceptors (Lipinski definition) is 4. The van der Waals surface area contributed by atoms with Crippen LogP contribution in [-0.2, 0) is 4.74 Å². The van der Waals surface area contributed by atoms with E-state index in [1.165, 1.54) is 0 Å². The van der Waals surface area contributed by atoms with Gasteiger partial charge >= 0.3 is 0 Å². The van der Waals surface area contributed by atoms with Crippen LogP contribution in [0.2, 0.25) is 0 Å². The molecule has 0 unspecified atom stereocenters. The molecule has 0 aromatic carbocycles. The molecule has 1 amide bonds. The minimum absolute atomic E-state index is 0.0634. The molecule has 1 aromatic heterocycles. The molecule has 2 N–H and O–H groups in total. The van der Waals surface area contributed by atoms with E-state index in [9.17, 15) is 4.79 Å². The highest BCUT2D eigenvalue weighted by molar-refractivity contribution is 5.94. The van der Waals surface area contributed by atoms with Gasteiger partial charge < -0.3 is 15.4 Å². The summed E-state index contributed by atoms with van der Waals surface area (Å²) < 4.78 is 5.61. The lowest BCUT2D eigenvalue weighted by atomic mass is 10.1. The van der Waals surface area contributed by atoms with Gasteiger partial charge in [-0.3, -0.25) is 9.78 Å². The number of carbonyl (C=O) groups is 1. The van der Waals surface area contributed by atoms with E-state index in [1.54, 1.807) is 12.4 Å². The summed E-state index contributed by atoms with van der Waals surface area (Å²) in [7, 11) is 0. The van der Waals surface area contributed by atoms with Gasteiger partial charge in [-0.05, 0) is 31.4 Å². The number of hydrogen-bond donors (Lipinski definition) is 1. The van der Waals surface area contributed by atoms with Crippen LogP contribution in [0.15, 0.2) is 18.5 Å². The molecule has 0 spiro atoms. The van der Waals surface area contributed by atoms with Crippen molar-refractivity contribution in [2.75, 3.05) is 26.2 Å². The van der Waals surface area contributed by atoms with Crippen molar-refractivity contribution in [2.45, 2.75) is 25.9 Å². The summed E-state index contributed by atoms with van der Waals surface area (Å²) in [5, 5.41) is 0. The summed E-state index contributed by atoms with van der Waals surface area (Å²) in [5.74, 6) is 0.0634. The van der Waals surface area contributed by atoms with Gasteiger partial charge in [0.05, 0.1) is 18.3 Å². The second-order valence-corrected chi connectivity index (χ2v) is 4.90. The van der Waals surface area contributed by atoms with Crippen LogP contribution in [0.1, 0.15) is 28.8 Å². The van der Waals surface area contributed by atoms with Crippen LogP contribution in [0.3, 0.4) is 0 Å². The minimum Gasteiger partial charge on any atom is -0.377 e. The number of amides is 1. The van der Waals surface area contributed by atoms with Gasteiger partial charge in [0.1, 0.15) is 0 Å². The summed E-state index contributed by atoms with van der Waals surface area (Å²) in [5.41, 5.74) is 7.09. The minimum atomic E-state index is 0.0634. The number of pyridine rings is 1. The molecule has 19 heavy (non-hydrogen) atoms. The standard InChI is InChI=1S/C14H21N3O2/c1-11-8-12(10-16-9-11)14(18)17-5-2-13(3-6-17)19-7-4-15/h8-10,13H,2-7,15H2,1H3. The Morgan fingerprint density at radius 3 is 2.84 bits per heavy atom. The van der Waals surface area contributed by atoms with Crippen molar-refractivity contribution < 1.29 is 9.53 Å². The van der Waals surface area contributed by atoms with Crippen molar-refractivity contribution in [3.05, 3.63) is 29.6 Å². The zero-order valence-corrected chi connectivity index (χ0v) is 11.3. The first-order valence-electron chi connectivity index (χ1n) is 6.73. The van der Waals surface area contributed by atoms with Gasteiger partial charge in [0.2, 0.25) is 0 Å². The van der Waals surface area contributed by atoms with Gasteiger partial charge in [-0.25, -0.2) is 0 Å². The summed E-state index contributed by atoms with van der Waals surface area (Å²) in [4.78, 5) is 18.2. The van der Waals surface area contributed by atoms with E-state index in [4.69, 9.17) is 10.5 Å². The highest BCUT2D eigenvalue weighted by Crippen LogP contribution is 2.16. The number of aryl methyl sites for hydroxylation is 1. The fraction of sp³-hybridized carbons (Fsp3) is 0.571. The average molecular weight is 263 g/mol. The normalized spacial score (nSPS) is 16.6. The number of ether oxygens (including phenoxy) is 1. The van der Waals surface area contributed by atoms with Gasteiger partial charge in [-0.2, -0.15) is 0 Å². The molecule has 0 radical (unpaired) electrons. The van der Waals surface area contributed by atoms with Crippen LogP contribution in [0.25, 0.3) is 0 Å². The summed E-state index contributed by atoms with van der Waals surface area (Å²) >= 11 is 0. The van der Waals surface area contributed by atoms with Crippen molar-refractivity contribution in [1.29, 1.82) is 0 Å². The van der Waals surface area contributed by atoms with E-state index >= 15 is 0 Å². The molecule has 1 aromatic rings. The lowest BCUT2D eigenvalue weighted by molar-refractivity contribution is 0.0121. The van der Waals surface area contributed by atoms with E-state index in [0.29, 0.717) is 18.7 Å². The molecule has 1 fully saturated rings. The zero-order chi connectivity index (χ0) is 13.7. The molecule has 0 aliphatic carbocycles. The molecule has 2 heterocycles. The molecule has 2 rings (SSSR count). The molecule has 0 atom stereocenters. The molecular weight excluding hydrogens is 242 g/mol. The number of carbonyl (C=O) groups excluding carboxylic acids is 1. The van der Waals surface area contributed by atoms with Crippen LogP contribution in [0, 0.1) is 6.92 Å². The third kappa shape index (κ3) is 3.75. The van der Waals surface area contributed by atoms with E-state index < -0.39 is 0 Å². The molecular formula is C14H21N3O2. The number of piperidine rings is 1. The highest BCUT2D eigenvalue weighted by atomic mass is 16.5. The molecule has 5 nitrogen and oxygen atoms in total. The summed E-state index contributed by atoms with van der Waals surface area (Å²) in [6.07, 6.45) is 5.38. The first-order chi connectivity index (χ1) is 9.20. The lowest BCUT2D eigenvalue weighted by Crippen LogP contribution is -2.41. The molecule has 1 aliphatic heterocycles. The van der Waals surface area contributed by atoms with Crippen molar-refractivity contribution in [3.8, 4) is 0 Å². The first kappa shape index (κ1) is 14.0. The molecule has 104 valence electrons. The van der Waals surface area contributed by atoms with Gasteiger partial charge in [0, 0.05) is 32.0 Å². The molecule has 0 bridgehead atoms. The Hall–Kier alpha value is -1.46. The fourth-order valence-corrected chi connectivity index (χ4v) is 2.31. The molecule has 1 aliphatic rings. The Balaban J connectivity index is 1.89. The van der Waals surface area contributed by atoms with Crippen LogP contribution >= 0.6 is 0 Å². The monoisotopic (exact) mass is 263 g/mol. The van der Waals surface area contributed by atoms with Crippen molar-refractivity contribution in [1.82, 2.24) is 9.88 Å². The molecule has 1 saturated heterocycles. The number of likely N-dealkylation sites (tertiary alicyclic amines) is 1. The van der Waals surface area contributed by atoms with Gasteiger partial charge in [-0.15, -0.1) is 0 Å².